The highest BCUT2D eigenvalue weighted by atomic mass is 16.5. The van der Waals surface area contributed by atoms with E-state index in [1.807, 2.05) is 18.0 Å². The molecular formula is C22H30N4O2. The highest BCUT2D eigenvalue weighted by molar-refractivity contribution is 5.92. The third kappa shape index (κ3) is 3.98. The summed E-state index contributed by atoms with van der Waals surface area (Å²) in [6.45, 7) is 8.23. The molecule has 1 saturated heterocycles. The largest absolute Gasteiger partial charge is 0.359 e. The van der Waals surface area contributed by atoms with Gasteiger partial charge in [-0.05, 0) is 36.9 Å². The number of hydrogen-bond acceptors (Lipinski definition) is 5. The van der Waals surface area contributed by atoms with E-state index in [9.17, 15) is 4.79 Å². The highest BCUT2D eigenvalue weighted by Crippen LogP contribution is 2.34. The predicted octanol–water partition coefficient (Wildman–Crippen LogP) is 2.96. The number of benzene rings is 1. The molecule has 0 saturated carbocycles. The summed E-state index contributed by atoms with van der Waals surface area (Å²) in [5, 5.41) is 4.08. The maximum Gasteiger partial charge on any atom is 0.276 e. The van der Waals surface area contributed by atoms with E-state index in [0.29, 0.717) is 12.2 Å². The molecule has 0 radical (unpaired) electrons. The van der Waals surface area contributed by atoms with Crippen molar-refractivity contribution in [3.63, 3.8) is 0 Å². The minimum absolute atomic E-state index is 0.0625. The van der Waals surface area contributed by atoms with Crippen molar-refractivity contribution in [3.8, 4) is 0 Å². The van der Waals surface area contributed by atoms with Crippen LogP contribution in [0, 0.1) is 0 Å². The quantitative estimate of drug-likeness (QED) is 0.796. The molecule has 0 unspecified atom stereocenters. The molecule has 1 amide bonds. The van der Waals surface area contributed by atoms with Gasteiger partial charge in [0.1, 0.15) is 0 Å². The molecule has 28 heavy (non-hydrogen) atoms. The summed E-state index contributed by atoms with van der Waals surface area (Å²) in [4.78, 5) is 19.7. The van der Waals surface area contributed by atoms with Gasteiger partial charge in [-0.25, -0.2) is 0 Å². The van der Waals surface area contributed by atoms with E-state index in [2.05, 4.69) is 46.1 Å². The fourth-order valence-electron chi connectivity index (χ4n) is 4.43. The second kappa shape index (κ2) is 8.45. The molecule has 1 fully saturated rings. The van der Waals surface area contributed by atoms with Gasteiger partial charge in [0.05, 0.1) is 12.6 Å². The smallest absolute Gasteiger partial charge is 0.276 e. The van der Waals surface area contributed by atoms with Crippen LogP contribution in [0.15, 0.2) is 34.9 Å². The van der Waals surface area contributed by atoms with Crippen LogP contribution < -0.4 is 0 Å². The highest BCUT2D eigenvalue weighted by Gasteiger charge is 2.29. The van der Waals surface area contributed by atoms with E-state index in [1.54, 1.807) is 0 Å². The first-order chi connectivity index (χ1) is 13.7. The number of fused-ring (bicyclic) bond motifs is 1. The monoisotopic (exact) mass is 382 g/mol. The lowest BCUT2D eigenvalue weighted by atomic mass is 9.87. The topological polar surface area (TPSA) is 52.8 Å². The number of aryl methyl sites for hydroxylation is 1. The Kier molecular flexibility index (Phi) is 5.78. The minimum atomic E-state index is -0.0625. The lowest BCUT2D eigenvalue weighted by molar-refractivity contribution is 0.0704. The molecule has 1 atom stereocenters. The summed E-state index contributed by atoms with van der Waals surface area (Å²) in [6, 6.07) is 10.4. The van der Waals surface area contributed by atoms with Crippen LogP contribution in [0.1, 0.15) is 53.2 Å². The average Bonchev–Trinajstić information content (AvgIpc) is 3.21. The zero-order chi connectivity index (χ0) is 19.5. The van der Waals surface area contributed by atoms with Crippen LogP contribution in [0.3, 0.4) is 0 Å². The standard InChI is InChI=1S/C22H30N4O2/c1-3-25-11-13-26(14-12-25)16-18-15-20(23-28-18)22(27)24(2)21-10-6-8-17-7-4-5-9-19(17)21/h4-5,7,9,15,21H,3,6,8,10-14,16H2,1-2H3/t21-/m0/s1. The van der Waals surface area contributed by atoms with E-state index >= 15 is 0 Å². The van der Waals surface area contributed by atoms with Crippen molar-refractivity contribution in [2.75, 3.05) is 39.8 Å². The van der Waals surface area contributed by atoms with Gasteiger partial charge in [0.2, 0.25) is 0 Å². The molecule has 150 valence electrons. The summed E-state index contributed by atoms with van der Waals surface area (Å²) < 4.78 is 5.50. The van der Waals surface area contributed by atoms with Gasteiger partial charge < -0.3 is 14.3 Å². The number of rotatable bonds is 5. The number of likely N-dealkylation sites (N-methyl/N-ethyl adjacent to an activating group) is 1. The van der Waals surface area contributed by atoms with E-state index in [4.69, 9.17) is 4.52 Å². The van der Waals surface area contributed by atoms with Gasteiger partial charge >= 0.3 is 0 Å². The Hall–Kier alpha value is -2.18. The van der Waals surface area contributed by atoms with Crippen molar-refractivity contribution >= 4 is 5.91 Å². The maximum absolute atomic E-state index is 13.0. The minimum Gasteiger partial charge on any atom is -0.359 e. The SMILES string of the molecule is CCN1CCN(Cc2cc(C(=O)N(C)[C@H]3CCCc4ccccc43)no2)CC1. The molecule has 1 aliphatic carbocycles. The normalized spacial score (nSPS) is 20.7. The average molecular weight is 383 g/mol. The number of hydrogen-bond donors (Lipinski definition) is 0. The predicted molar refractivity (Wildman–Crippen MR) is 108 cm³/mol. The van der Waals surface area contributed by atoms with Crippen LogP contribution in [0.2, 0.25) is 0 Å². The van der Waals surface area contributed by atoms with E-state index in [0.717, 1.165) is 57.7 Å². The molecule has 2 heterocycles. The lowest BCUT2D eigenvalue weighted by Gasteiger charge is -2.33. The van der Waals surface area contributed by atoms with Crippen molar-refractivity contribution < 1.29 is 9.32 Å². The second-order valence-corrected chi connectivity index (χ2v) is 7.91. The van der Waals surface area contributed by atoms with Gasteiger partial charge in [0, 0.05) is 39.3 Å². The molecule has 2 aromatic rings. The molecule has 0 N–H and O–H groups in total. The number of piperazine rings is 1. The van der Waals surface area contributed by atoms with E-state index in [1.165, 1.54) is 11.1 Å². The van der Waals surface area contributed by atoms with Crippen molar-refractivity contribution in [3.05, 3.63) is 52.9 Å². The number of amides is 1. The number of nitrogens with zero attached hydrogens (tertiary/aromatic N) is 4. The Morgan fingerprint density at radius 1 is 1.21 bits per heavy atom. The number of carbonyl (C=O) groups excluding carboxylic acids is 1. The van der Waals surface area contributed by atoms with Gasteiger partial charge in [-0.2, -0.15) is 0 Å². The maximum atomic E-state index is 13.0. The Labute approximate surface area is 167 Å². The Balaban J connectivity index is 1.41. The summed E-state index contributed by atoms with van der Waals surface area (Å²) in [6.07, 6.45) is 3.19. The van der Waals surface area contributed by atoms with Gasteiger partial charge in [0.15, 0.2) is 11.5 Å². The van der Waals surface area contributed by atoms with E-state index < -0.39 is 0 Å². The van der Waals surface area contributed by atoms with Crippen LogP contribution >= 0.6 is 0 Å². The first-order valence-electron chi connectivity index (χ1n) is 10.4. The molecule has 6 heteroatoms. The van der Waals surface area contributed by atoms with Gasteiger partial charge in [-0.15, -0.1) is 0 Å². The third-order valence-electron chi connectivity index (χ3n) is 6.20. The zero-order valence-electron chi connectivity index (χ0n) is 16.9. The van der Waals surface area contributed by atoms with Crippen molar-refractivity contribution in [2.45, 2.75) is 38.8 Å². The summed E-state index contributed by atoms with van der Waals surface area (Å²) >= 11 is 0. The Bertz CT molecular complexity index is 810. The van der Waals surface area contributed by atoms with Crippen LogP contribution in [0.5, 0.6) is 0 Å². The van der Waals surface area contributed by atoms with Gasteiger partial charge in [0.25, 0.3) is 5.91 Å². The van der Waals surface area contributed by atoms with Crippen molar-refractivity contribution in [1.29, 1.82) is 0 Å². The molecular weight excluding hydrogens is 352 g/mol. The Morgan fingerprint density at radius 3 is 2.75 bits per heavy atom. The second-order valence-electron chi connectivity index (χ2n) is 7.91. The molecule has 2 aliphatic rings. The molecule has 1 aromatic carbocycles. The summed E-state index contributed by atoms with van der Waals surface area (Å²) in [7, 11) is 1.88. The molecule has 6 nitrogen and oxygen atoms in total. The van der Waals surface area contributed by atoms with Crippen LogP contribution in [-0.4, -0.2) is 65.5 Å². The number of carbonyl (C=O) groups is 1. The molecule has 4 rings (SSSR count). The molecule has 0 bridgehead atoms. The van der Waals surface area contributed by atoms with Crippen LogP contribution in [0.25, 0.3) is 0 Å². The van der Waals surface area contributed by atoms with E-state index in [-0.39, 0.29) is 11.9 Å². The lowest BCUT2D eigenvalue weighted by Crippen LogP contribution is -2.45. The van der Waals surface area contributed by atoms with Crippen molar-refractivity contribution in [2.24, 2.45) is 0 Å². The Morgan fingerprint density at radius 2 is 1.96 bits per heavy atom. The summed E-state index contributed by atoms with van der Waals surface area (Å²) in [5.74, 6) is 0.707. The zero-order valence-corrected chi connectivity index (χ0v) is 16.9. The van der Waals surface area contributed by atoms with Crippen LogP contribution in [-0.2, 0) is 13.0 Å². The fourth-order valence-corrected chi connectivity index (χ4v) is 4.43. The molecule has 1 aliphatic heterocycles. The molecule has 0 spiro atoms. The summed E-state index contributed by atoms with van der Waals surface area (Å²) in [5.41, 5.74) is 3.03. The first-order valence-corrected chi connectivity index (χ1v) is 10.4. The molecule has 1 aromatic heterocycles. The fraction of sp³-hybridized carbons (Fsp3) is 0.545. The number of aromatic nitrogens is 1. The van der Waals surface area contributed by atoms with Gasteiger partial charge in [-0.3, -0.25) is 9.69 Å². The van der Waals surface area contributed by atoms with Crippen LogP contribution in [0.4, 0.5) is 0 Å². The third-order valence-corrected chi connectivity index (χ3v) is 6.20. The van der Waals surface area contributed by atoms with Crippen molar-refractivity contribution in [1.82, 2.24) is 19.9 Å². The van der Waals surface area contributed by atoms with Gasteiger partial charge in [-0.1, -0.05) is 36.3 Å². The first kappa shape index (κ1) is 19.2.